The summed E-state index contributed by atoms with van der Waals surface area (Å²) in [5.74, 6) is -0.871. The molecule has 2 atom stereocenters. The van der Waals surface area contributed by atoms with E-state index in [0.29, 0.717) is 13.2 Å². The molecule has 6 heteroatoms. The van der Waals surface area contributed by atoms with Crippen LogP contribution in [0.1, 0.15) is 26.7 Å². The Hall–Kier alpha value is -1.30. The van der Waals surface area contributed by atoms with E-state index >= 15 is 0 Å². The zero-order valence-corrected chi connectivity index (χ0v) is 11.2. The van der Waals surface area contributed by atoms with Crippen LogP contribution in [0.15, 0.2) is 0 Å². The van der Waals surface area contributed by atoms with Crippen molar-refractivity contribution in [2.75, 3.05) is 20.3 Å². The Morgan fingerprint density at radius 1 is 1.50 bits per heavy atom. The average Bonchev–Trinajstić information content (AvgIpc) is 3.10. The van der Waals surface area contributed by atoms with E-state index in [1.165, 1.54) is 0 Å². The summed E-state index contributed by atoms with van der Waals surface area (Å²) in [6, 6.07) is -1.17. The number of carbonyl (C=O) groups is 2. The Bertz CT molecular complexity index is 304. The van der Waals surface area contributed by atoms with Gasteiger partial charge in [-0.2, -0.15) is 0 Å². The van der Waals surface area contributed by atoms with Crippen LogP contribution in [0.25, 0.3) is 0 Å². The number of hydrogen-bond acceptors (Lipinski definition) is 3. The van der Waals surface area contributed by atoms with E-state index in [0.717, 1.165) is 12.8 Å². The Kier molecular flexibility index (Phi) is 5.40. The second-order valence-corrected chi connectivity index (χ2v) is 4.69. The van der Waals surface area contributed by atoms with E-state index in [9.17, 15) is 9.59 Å². The van der Waals surface area contributed by atoms with Gasteiger partial charge in [0, 0.05) is 13.7 Å². The second kappa shape index (κ2) is 6.58. The lowest BCUT2D eigenvalue weighted by Gasteiger charge is -2.29. The summed E-state index contributed by atoms with van der Waals surface area (Å²) in [7, 11) is 1.58. The molecule has 104 valence electrons. The molecule has 0 spiro atoms. The third-order valence-electron chi connectivity index (χ3n) is 3.18. The maximum Gasteiger partial charge on any atom is 0.326 e. The van der Waals surface area contributed by atoms with Crippen molar-refractivity contribution in [1.82, 2.24) is 10.2 Å². The molecule has 0 radical (unpaired) electrons. The number of methoxy groups -OCH3 is 1. The summed E-state index contributed by atoms with van der Waals surface area (Å²) in [5, 5.41) is 11.7. The smallest absolute Gasteiger partial charge is 0.326 e. The van der Waals surface area contributed by atoms with Crippen LogP contribution in [0.4, 0.5) is 4.79 Å². The highest BCUT2D eigenvalue weighted by Gasteiger charge is 2.38. The van der Waals surface area contributed by atoms with Crippen LogP contribution >= 0.6 is 0 Å². The topological polar surface area (TPSA) is 78.9 Å². The molecule has 0 aromatic rings. The summed E-state index contributed by atoms with van der Waals surface area (Å²) >= 11 is 0. The first-order valence-corrected chi connectivity index (χ1v) is 6.30. The van der Waals surface area contributed by atoms with Crippen LogP contribution in [0.3, 0.4) is 0 Å². The molecular weight excluding hydrogens is 236 g/mol. The number of carboxylic acid groups (broad SMARTS) is 1. The maximum absolute atomic E-state index is 12.0. The van der Waals surface area contributed by atoms with Gasteiger partial charge in [-0.1, -0.05) is 0 Å². The van der Waals surface area contributed by atoms with Crippen LogP contribution in [-0.2, 0) is 9.53 Å². The molecule has 1 aliphatic carbocycles. The molecule has 2 N–H and O–H groups in total. The number of aliphatic carboxylic acids is 1. The second-order valence-electron chi connectivity index (χ2n) is 4.69. The molecule has 1 fully saturated rings. The largest absolute Gasteiger partial charge is 0.480 e. The molecule has 2 unspecified atom stereocenters. The number of urea groups is 1. The van der Waals surface area contributed by atoms with Crippen molar-refractivity contribution in [3.05, 3.63) is 0 Å². The van der Waals surface area contributed by atoms with Crippen LogP contribution in [0.2, 0.25) is 0 Å². The number of ether oxygens (including phenoxy) is 1. The number of rotatable bonds is 7. The molecule has 0 aromatic heterocycles. The monoisotopic (exact) mass is 258 g/mol. The van der Waals surface area contributed by atoms with Crippen molar-refractivity contribution in [1.29, 1.82) is 0 Å². The standard InChI is InChI=1S/C12H22N2O4/c1-4-14(8(2)7-18-3)12(17)13-10(11(15)16)9-5-6-9/h8-10H,4-7H2,1-3H3,(H,13,17)(H,15,16). The van der Waals surface area contributed by atoms with Crippen LogP contribution in [0, 0.1) is 5.92 Å². The van der Waals surface area contributed by atoms with Gasteiger partial charge in [0.2, 0.25) is 0 Å². The molecule has 6 nitrogen and oxygen atoms in total. The van der Waals surface area contributed by atoms with Crippen molar-refractivity contribution in [3.63, 3.8) is 0 Å². The third-order valence-corrected chi connectivity index (χ3v) is 3.18. The molecule has 0 aromatic carbocycles. The molecule has 1 aliphatic rings. The highest BCUT2D eigenvalue weighted by molar-refractivity contribution is 5.83. The molecule has 0 heterocycles. The predicted molar refractivity (Wildman–Crippen MR) is 66.4 cm³/mol. The first-order valence-electron chi connectivity index (χ1n) is 6.30. The molecule has 18 heavy (non-hydrogen) atoms. The summed E-state index contributed by atoms with van der Waals surface area (Å²) in [6.07, 6.45) is 1.74. The summed E-state index contributed by atoms with van der Waals surface area (Å²) in [6.45, 7) is 4.69. The minimum atomic E-state index is -0.957. The van der Waals surface area contributed by atoms with Gasteiger partial charge in [0.1, 0.15) is 6.04 Å². The quantitative estimate of drug-likeness (QED) is 0.711. The number of carbonyl (C=O) groups excluding carboxylic acids is 1. The fourth-order valence-electron chi connectivity index (χ4n) is 2.01. The normalized spacial score (nSPS) is 17.9. The van der Waals surface area contributed by atoms with Gasteiger partial charge in [-0.15, -0.1) is 0 Å². The summed E-state index contributed by atoms with van der Waals surface area (Å²) in [5.41, 5.74) is 0. The number of nitrogens with one attached hydrogen (secondary N) is 1. The van der Waals surface area contributed by atoms with Crippen molar-refractivity contribution in [2.24, 2.45) is 5.92 Å². The van der Waals surface area contributed by atoms with Gasteiger partial charge in [0.05, 0.1) is 12.6 Å². The van der Waals surface area contributed by atoms with Gasteiger partial charge in [0.15, 0.2) is 0 Å². The van der Waals surface area contributed by atoms with Crippen LogP contribution < -0.4 is 5.32 Å². The number of amides is 2. The van der Waals surface area contributed by atoms with Gasteiger partial charge in [-0.25, -0.2) is 9.59 Å². The number of nitrogens with zero attached hydrogens (tertiary/aromatic N) is 1. The fourth-order valence-corrected chi connectivity index (χ4v) is 2.01. The van der Waals surface area contributed by atoms with Crippen molar-refractivity contribution in [3.8, 4) is 0 Å². The van der Waals surface area contributed by atoms with Gasteiger partial charge in [0.25, 0.3) is 0 Å². The molecule has 0 aliphatic heterocycles. The van der Waals surface area contributed by atoms with Crippen molar-refractivity contribution in [2.45, 2.75) is 38.8 Å². The molecule has 1 rings (SSSR count). The molecule has 2 amide bonds. The Morgan fingerprint density at radius 2 is 2.11 bits per heavy atom. The first-order chi connectivity index (χ1) is 8.51. The molecule has 0 saturated heterocycles. The van der Waals surface area contributed by atoms with E-state index in [1.54, 1.807) is 12.0 Å². The lowest BCUT2D eigenvalue weighted by Crippen LogP contribution is -2.52. The third kappa shape index (κ3) is 3.87. The van der Waals surface area contributed by atoms with Gasteiger partial charge < -0.3 is 20.1 Å². The van der Waals surface area contributed by atoms with E-state index in [1.807, 2.05) is 13.8 Å². The molecule has 1 saturated carbocycles. The zero-order chi connectivity index (χ0) is 13.7. The SMILES string of the molecule is CCN(C(=O)NC(C(=O)O)C1CC1)C(C)COC. The summed E-state index contributed by atoms with van der Waals surface area (Å²) in [4.78, 5) is 24.7. The first kappa shape index (κ1) is 14.8. The van der Waals surface area contributed by atoms with Gasteiger partial charge in [-0.3, -0.25) is 0 Å². The van der Waals surface area contributed by atoms with Gasteiger partial charge >= 0.3 is 12.0 Å². The molecule has 0 bridgehead atoms. The zero-order valence-electron chi connectivity index (χ0n) is 11.2. The minimum absolute atomic E-state index is 0.0753. The van der Waals surface area contributed by atoms with Crippen molar-refractivity contribution < 1.29 is 19.4 Å². The fraction of sp³-hybridized carbons (Fsp3) is 0.833. The minimum Gasteiger partial charge on any atom is -0.480 e. The van der Waals surface area contributed by atoms with E-state index in [4.69, 9.17) is 9.84 Å². The lowest BCUT2D eigenvalue weighted by molar-refractivity contribution is -0.139. The number of hydrogen-bond donors (Lipinski definition) is 2. The predicted octanol–water partition coefficient (Wildman–Crippen LogP) is 0.916. The van der Waals surface area contributed by atoms with E-state index in [2.05, 4.69) is 5.32 Å². The Labute approximate surface area is 107 Å². The highest BCUT2D eigenvalue weighted by Crippen LogP contribution is 2.32. The summed E-state index contributed by atoms with van der Waals surface area (Å²) < 4.78 is 5.01. The van der Waals surface area contributed by atoms with E-state index in [-0.39, 0.29) is 18.0 Å². The number of likely N-dealkylation sites (N-methyl/N-ethyl adjacent to an activating group) is 1. The highest BCUT2D eigenvalue weighted by atomic mass is 16.5. The molecular formula is C12H22N2O4. The van der Waals surface area contributed by atoms with Crippen LogP contribution in [0.5, 0.6) is 0 Å². The average molecular weight is 258 g/mol. The Balaban J connectivity index is 2.57. The Morgan fingerprint density at radius 3 is 2.50 bits per heavy atom. The maximum atomic E-state index is 12.0. The van der Waals surface area contributed by atoms with Crippen LogP contribution in [-0.4, -0.2) is 54.4 Å². The lowest BCUT2D eigenvalue weighted by atomic mass is 10.2. The van der Waals surface area contributed by atoms with Crippen molar-refractivity contribution >= 4 is 12.0 Å². The number of carboxylic acids is 1. The van der Waals surface area contributed by atoms with E-state index < -0.39 is 12.0 Å². The van der Waals surface area contributed by atoms with Gasteiger partial charge in [-0.05, 0) is 32.6 Å².